The second-order valence-electron chi connectivity index (χ2n) is 5.14. The van der Waals surface area contributed by atoms with Crippen LogP contribution in [0.25, 0.3) is 0 Å². The molecule has 2 nitrogen and oxygen atoms in total. The van der Waals surface area contributed by atoms with Crippen molar-refractivity contribution in [1.82, 2.24) is 0 Å². The van der Waals surface area contributed by atoms with Gasteiger partial charge in [-0.2, -0.15) is 0 Å². The molecule has 1 aliphatic heterocycles. The van der Waals surface area contributed by atoms with E-state index in [1.165, 1.54) is 5.69 Å². The van der Waals surface area contributed by atoms with Gasteiger partial charge in [0.15, 0.2) is 0 Å². The van der Waals surface area contributed by atoms with Crippen molar-refractivity contribution >= 4 is 28.9 Å². The molecule has 0 saturated carbocycles. The van der Waals surface area contributed by atoms with Gasteiger partial charge in [0.1, 0.15) is 11.9 Å². The van der Waals surface area contributed by atoms with E-state index in [9.17, 15) is 0 Å². The molecular weight excluding hydrogens is 305 g/mol. The number of halogens is 2. The highest BCUT2D eigenvalue weighted by Crippen LogP contribution is 2.28. The van der Waals surface area contributed by atoms with Crippen molar-refractivity contribution in [2.75, 3.05) is 18.0 Å². The molecule has 0 aliphatic carbocycles. The molecule has 1 aliphatic rings. The molecule has 0 unspecified atom stereocenters. The van der Waals surface area contributed by atoms with Crippen molar-refractivity contribution in [2.24, 2.45) is 0 Å². The van der Waals surface area contributed by atoms with E-state index in [0.29, 0.717) is 10.0 Å². The lowest BCUT2D eigenvalue weighted by atomic mass is 10.1. The summed E-state index contributed by atoms with van der Waals surface area (Å²) in [4.78, 5) is 2.38. The van der Waals surface area contributed by atoms with Gasteiger partial charge in [0.05, 0.1) is 10.0 Å². The number of nitrogens with zero attached hydrogens (tertiary/aromatic N) is 1. The normalized spacial score (nSPS) is 16.0. The first kappa shape index (κ1) is 14.6. The zero-order chi connectivity index (χ0) is 14.7. The summed E-state index contributed by atoms with van der Waals surface area (Å²) in [5, 5.41) is 1.09. The number of hydrogen-bond acceptors (Lipinski definition) is 2. The molecule has 1 radical (unpaired) electrons. The van der Waals surface area contributed by atoms with Crippen molar-refractivity contribution in [1.29, 1.82) is 0 Å². The Labute approximate surface area is 135 Å². The summed E-state index contributed by atoms with van der Waals surface area (Å²) in [6, 6.07) is 16.6. The van der Waals surface area contributed by atoms with Crippen LogP contribution in [0, 0.1) is 6.07 Å². The van der Waals surface area contributed by atoms with Crippen molar-refractivity contribution < 1.29 is 4.74 Å². The third-order valence-electron chi connectivity index (χ3n) is 3.70. The second-order valence-corrected chi connectivity index (χ2v) is 5.95. The minimum absolute atomic E-state index is 0.230. The van der Waals surface area contributed by atoms with E-state index < -0.39 is 0 Å². The number of anilines is 1. The highest BCUT2D eigenvalue weighted by Gasteiger charge is 2.20. The minimum Gasteiger partial charge on any atom is -0.490 e. The van der Waals surface area contributed by atoms with E-state index in [2.05, 4.69) is 23.1 Å². The van der Waals surface area contributed by atoms with Crippen LogP contribution >= 0.6 is 23.2 Å². The summed E-state index contributed by atoms with van der Waals surface area (Å²) in [6.45, 7) is 1.99. The van der Waals surface area contributed by atoms with Gasteiger partial charge in [-0.3, -0.25) is 0 Å². The summed E-state index contributed by atoms with van der Waals surface area (Å²) in [5.41, 5.74) is 1.25. The second kappa shape index (κ2) is 6.59. The highest BCUT2D eigenvalue weighted by atomic mass is 35.5. The van der Waals surface area contributed by atoms with Crippen molar-refractivity contribution in [2.45, 2.75) is 18.9 Å². The van der Waals surface area contributed by atoms with Crippen LogP contribution in [-0.4, -0.2) is 19.2 Å². The van der Waals surface area contributed by atoms with Crippen LogP contribution < -0.4 is 9.64 Å². The van der Waals surface area contributed by atoms with Crippen LogP contribution in [0.1, 0.15) is 12.8 Å². The standard InChI is InChI=1S/C17H16Cl2NO/c18-16-7-6-15(12-17(16)19)21-14-8-10-20(11-9-14)13-4-2-1-3-5-13/h2-7,12,14H,8-11H2. The van der Waals surface area contributed by atoms with Crippen LogP contribution in [0.2, 0.25) is 10.0 Å². The van der Waals surface area contributed by atoms with Gasteiger partial charge in [-0.25, -0.2) is 0 Å². The average Bonchev–Trinajstić information content (AvgIpc) is 2.53. The van der Waals surface area contributed by atoms with Crippen LogP contribution in [0.4, 0.5) is 5.69 Å². The van der Waals surface area contributed by atoms with Crippen LogP contribution in [0.15, 0.2) is 42.5 Å². The lowest BCUT2D eigenvalue weighted by Gasteiger charge is -2.33. The number of piperidine rings is 1. The molecule has 0 N–H and O–H groups in total. The van der Waals surface area contributed by atoms with E-state index in [1.54, 1.807) is 12.1 Å². The number of ether oxygens (including phenoxy) is 1. The van der Waals surface area contributed by atoms with E-state index >= 15 is 0 Å². The molecule has 21 heavy (non-hydrogen) atoms. The molecule has 0 bridgehead atoms. The van der Waals surface area contributed by atoms with E-state index in [1.807, 2.05) is 18.2 Å². The summed E-state index contributed by atoms with van der Waals surface area (Å²) < 4.78 is 6.00. The molecule has 0 amide bonds. The molecule has 1 saturated heterocycles. The first-order chi connectivity index (χ1) is 10.2. The largest absolute Gasteiger partial charge is 0.490 e. The Hall–Kier alpha value is -1.38. The van der Waals surface area contributed by atoms with Crippen molar-refractivity contribution in [3.05, 3.63) is 58.6 Å². The van der Waals surface area contributed by atoms with Gasteiger partial charge in [-0.15, -0.1) is 0 Å². The zero-order valence-corrected chi connectivity index (χ0v) is 13.1. The van der Waals surface area contributed by atoms with Gasteiger partial charge in [0.25, 0.3) is 0 Å². The quantitative estimate of drug-likeness (QED) is 0.802. The Morgan fingerprint density at radius 2 is 1.71 bits per heavy atom. The summed E-state index contributed by atoms with van der Waals surface area (Å²) >= 11 is 11.9. The van der Waals surface area contributed by atoms with Crippen LogP contribution in [0.5, 0.6) is 5.75 Å². The van der Waals surface area contributed by atoms with Gasteiger partial charge in [-0.05, 0) is 30.3 Å². The van der Waals surface area contributed by atoms with E-state index in [0.717, 1.165) is 31.7 Å². The number of hydrogen-bond donors (Lipinski definition) is 0. The number of rotatable bonds is 3. The van der Waals surface area contributed by atoms with Crippen molar-refractivity contribution in [3.8, 4) is 5.75 Å². The third kappa shape index (κ3) is 3.63. The zero-order valence-electron chi connectivity index (χ0n) is 11.6. The maximum atomic E-state index is 6.01. The SMILES string of the molecule is Clc1ccc(OC2CCN(c3cc[c]cc3)CC2)cc1Cl. The molecule has 4 heteroatoms. The molecule has 3 rings (SSSR count). The smallest absolute Gasteiger partial charge is 0.121 e. The fourth-order valence-corrected chi connectivity index (χ4v) is 2.85. The summed E-state index contributed by atoms with van der Waals surface area (Å²) in [5.74, 6) is 0.789. The predicted octanol–water partition coefficient (Wildman–Crippen LogP) is 4.84. The fraction of sp³-hybridized carbons (Fsp3) is 0.294. The first-order valence-corrected chi connectivity index (χ1v) is 7.81. The summed E-state index contributed by atoms with van der Waals surface area (Å²) in [6.07, 6.45) is 2.23. The van der Waals surface area contributed by atoms with Crippen LogP contribution in [0.3, 0.4) is 0 Å². The average molecular weight is 321 g/mol. The molecule has 0 atom stereocenters. The summed E-state index contributed by atoms with van der Waals surface area (Å²) in [7, 11) is 0. The van der Waals surface area contributed by atoms with E-state index in [4.69, 9.17) is 27.9 Å². The topological polar surface area (TPSA) is 12.5 Å². The van der Waals surface area contributed by atoms with Gasteiger partial charge in [0.2, 0.25) is 0 Å². The van der Waals surface area contributed by atoms with Gasteiger partial charge in [-0.1, -0.05) is 35.3 Å². The molecule has 109 valence electrons. The monoisotopic (exact) mass is 320 g/mol. The Kier molecular flexibility index (Phi) is 4.57. The lowest BCUT2D eigenvalue weighted by molar-refractivity contribution is 0.171. The Morgan fingerprint density at radius 1 is 1.00 bits per heavy atom. The number of benzene rings is 2. The predicted molar refractivity (Wildman–Crippen MR) is 87.6 cm³/mol. The van der Waals surface area contributed by atoms with Gasteiger partial charge < -0.3 is 9.64 Å². The molecule has 2 aromatic carbocycles. The molecule has 0 aromatic heterocycles. The van der Waals surface area contributed by atoms with Crippen molar-refractivity contribution in [3.63, 3.8) is 0 Å². The van der Waals surface area contributed by atoms with E-state index in [-0.39, 0.29) is 6.10 Å². The molecule has 1 fully saturated rings. The van der Waals surface area contributed by atoms with Gasteiger partial charge in [0, 0.05) is 37.7 Å². The third-order valence-corrected chi connectivity index (χ3v) is 4.44. The Bertz CT molecular complexity index is 595. The molecule has 1 heterocycles. The molecular formula is C17H16Cl2NO. The Morgan fingerprint density at radius 3 is 2.38 bits per heavy atom. The van der Waals surface area contributed by atoms with Gasteiger partial charge >= 0.3 is 0 Å². The highest BCUT2D eigenvalue weighted by molar-refractivity contribution is 6.42. The lowest BCUT2D eigenvalue weighted by Crippen LogP contribution is -2.38. The maximum Gasteiger partial charge on any atom is 0.121 e. The molecule has 2 aromatic rings. The molecule has 0 spiro atoms. The van der Waals surface area contributed by atoms with Crippen LogP contribution in [-0.2, 0) is 0 Å². The minimum atomic E-state index is 0.230. The fourth-order valence-electron chi connectivity index (χ4n) is 2.56. The Balaban J connectivity index is 1.57. The maximum absolute atomic E-state index is 6.01. The first-order valence-electron chi connectivity index (χ1n) is 7.05.